The Kier molecular flexibility index (Phi) is 6.58. The van der Waals surface area contributed by atoms with Gasteiger partial charge in [-0.1, -0.05) is 12.1 Å². The molecule has 11 heteroatoms. The molecule has 1 fully saturated rings. The van der Waals surface area contributed by atoms with Crippen LogP contribution in [0.15, 0.2) is 48.9 Å². The van der Waals surface area contributed by atoms with Gasteiger partial charge in [-0.15, -0.1) is 12.4 Å². The minimum Gasteiger partial charge on any atom is -0.348 e. The van der Waals surface area contributed by atoms with Crippen LogP contribution >= 0.6 is 12.4 Å². The highest BCUT2D eigenvalue weighted by atomic mass is 35.5. The van der Waals surface area contributed by atoms with Crippen molar-refractivity contribution in [3.63, 3.8) is 0 Å². The molecule has 2 aromatic heterocycles. The predicted molar refractivity (Wildman–Crippen MR) is 114 cm³/mol. The molecule has 3 heterocycles. The third kappa shape index (κ3) is 4.90. The topological polar surface area (TPSA) is 108 Å². The van der Waals surface area contributed by atoms with E-state index in [0.717, 1.165) is 5.56 Å². The summed E-state index contributed by atoms with van der Waals surface area (Å²) in [6, 6.07) is 7.48. The number of halogens is 2. The van der Waals surface area contributed by atoms with E-state index in [9.17, 15) is 9.18 Å². The molecule has 1 unspecified atom stereocenters. The van der Waals surface area contributed by atoms with E-state index in [1.54, 1.807) is 36.8 Å². The number of hydrogen-bond donors (Lipinski definition) is 3. The average molecular weight is 431 g/mol. The zero-order chi connectivity index (χ0) is 20.2. The van der Waals surface area contributed by atoms with Crippen molar-refractivity contribution < 1.29 is 9.18 Å². The average Bonchev–Trinajstić information content (AvgIpc) is 3.15. The highest BCUT2D eigenvalue weighted by molar-refractivity contribution is 5.93. The Morgan fingerprint density at radius 3 is 2.63 bits per heavy atom. The van der Waals surface area contributed by atoms with Gasteiger partial charge in [0.2, 0.25) is 5.95 Å². The molecule has 0 saturated carbocycles. The van der Waals surface area contributed by atoms with Gasteiger partial charge < -0.3 is 16.0 Å². The molecule has 156 valence electrons. The fraction of sp³-hybridized carbons (Fsp3) is 0.211. The molecule has 30 heavy (non-hydrogen) atoms. The largest absolute Gasteiger partial charge is 0.348 e. The molecule has 2 amide bonds. The first-order valence-electron chi connectivity index (χ1n) is 9.08. The fourth-order valence-corrected chi connectivity index (χ4v) is 2.91. The van der Waals surface area contributed by atoms with Crippen LogP contribution in [-0.2, 0) is 0 Å². The molecule has 1 aliphatic rings. The number of urea groups is 1. The first kappa shape index (κ1) is 21.2. The number of benzene rings is 1. The van der Waals surface area contributed by atoms with E-state index in [2.05, 4.69) is 35.9 Å². The summed E-state index contributed by atoms with van der Waals surface area (Å²) in [5.41, 5.74) is 0.878. The number of hydrogen-bond acceptors (Lipinski definition) is 7. The van der Waals surface area contributed by atoms with Crippen LogP contribution in [0.5, 0.6) is 0 Å². The smallest absolute Gasteiger partial charge is 0.323 e. The highest BCUT2D eigenvalue weighted by Gasteiger charge is 2.24. The maximum Gasteiger partial charge on any atom is 0.323 e. The highest BCUT2D eigenvalue weighted by Crippen LogP contribution is 2.24. The van der Waals surface area contributed by atoms with Crippen molar-refractivity contribution in [2.75, 3.05) is 28.6 Å². The van der Waals surface area contributed by atoms with Gasteiger partial charge in [-0.3, -0.25) is 9.88 Å². The number of nitrogens with one attached hydrogen (secondary N) is 3. The van der Waals surface area contributed by atoms with Crippen LogP contribution in [-0.4, -0.2) is 39.1 Å². The van der Waals surface area contributed by atoms with E-state index in [0.29, 0.717) is 36.5 Å². The molecular weight excluding hydrogens is 411 g/mol. The predicted octanol–water partition coefficient (Wildman–Crippen LogP) is 3.27. The van der Waals surface area contributed by atoms with Crippen molar-refractivity contribution in [3.8, 4) is 0 Å². The van der Waals surface area contributed by atoms with Crippen molar-refractivity contribution in [2.45, 2.75) is 13.0 Å². The molecule has 1 aliphatic heterocycles. The van der Waals surface area contributed by atoms with Crippen molar-refractivity contribution in [1.82, 2.24) is 25.3 Å². The Morgan fingerprint density at radius 1 is 1.17 bits per heavy atom. The fourth-order valence-electron chi connectivity index (χ4n) is 2.91. The molecule has 0 radical (unpaired) electrons. The van der Waals surface area contributed by atoms with Crippen molar-refractivity contribution in [1.29, 1.82) is 0 Å². The number of nitrogens with zero attached hydrogens (tertiary/aromatic N) is 5. The molecule has 3 N–H and O–H groups in total. The molecule has 1 aromatic carbocycles. The zero-order valence-electron chi connectivity index (χ0n) is 16.0. The second-order valence-corrected chi connectivity index (χ2v) is 6.45. The Hall–Kier alpha value is -3.53. The van der Waals surface area contributed by atoms with E-state index >= 15 is 0 Å². The van der Waals surface area contributed by atoms with Crippen LogP contribution < -0.4 is 20.9 Å². The number of aromatic nitrogens is 4. The van der Waals surface area contributed by atoms with Crippen LogP contribution in [0.2, 0.25) is 0 Å². The van der Waals surface area contributed by atoms with Gasteiger partial charge in [-0.2, -0.15) is 9.97 Å². The molecule has 4 rings (SSSR count). The monoisotopic (exact) mass is 430 g/mol. The SMILES string of the molecule is CC(Nc1nc(Nc2cnccn2)cc(N2CCNC2=O)n1)c1ccc(F)cc1.Cl. The molecule has 3 aromatic rings. The lowest BCUT2D eigenvalue weighted by molar-refractivity contribution is 0.252. The number of anilines is 4. The van der Waals surface area contributed by atoms with Crippen LogP contribution in [0.3, 0.4) is 0 Å². The van der Waals surface area contributed by atoms with Gasteiger partial charge in [-0.05, 0) is 24.6 Å². The minimum atomic E-state index is -0.297. The lowest BCUT2D eigenvalue weighted by atomic mass is 10.1. The number of rotatable bonds is 6. The van der Waals surface area contributed by atoms with Gasteiger partial charge in [-0.25, -0.2) is 14.2 Å². The van der Waals surface area contributed by atoms with Gasteiger partial charge >= 0.3 is 6.03 Å². The lowest BCUT2D eigenvalue weighted by Gasteiger charge is -2.19. The van der Waals surface area contributed by atoms with Crippen LogP contribution in [0, 0.1) is 5.82 Å². The first-order valence-corrected chi connectivity index (χ1v) is 9.08. The summed E-state index contributed by atoms with van der Waals surface area (Å²) in [4.78, 5) is 30.8. The summed E-state index contributed by atoms with van der Waals surface area (Å²) >= 11 is 0. The van der Waals surface area contributed by atoms with E-state index in [1.165, 1.54) is 17.0 Å². The second kappa shape index (κ2) is 9.31. The van der Waals surface area contributed by atoms with Gasteiger partial charge in [0.05, 0.1) is 12.2 Å². The van der Waals surface area contributed by atoms with Crippen molar-refractivity contribution >= 4 is 41.8 Å². The summed E-state index contributed by atoms with van der Waals surface area (Å²) < 4.78 is 13.2. The maximum absolute atomic E-state index is 13.2. The normalized spacial score (nSPS) is 13.9. The molecule has 9 nitrogen and oxygen atoms in total. The Labute approximate surface area is 178 Å². The third-order valence-corrected chi connectivity index (χ3v) is 4.38. The standard InChI is InChI=1S/C19H19FN8O.ClH/c1-12(13-2-4-14(20)5-3-13)24-18-26-15(25-16-11-21-6-7-22-16)10-17(27-18)28-9-8-23-19(28)29;/h2-7,10-12H,8-9H2,1H3,(H,23,29)(H2,22,24,25,26,27);1H. The van der Waals surface area contributed by atoms with Gasteiger partial charge in [0.25, 0.3) is 0 Å². The third-order valence-electron chi connectivity index (χ3n) is 4.38. The van der Waals surface area contributed by atoms with Gasteiger partial charge in [0.15, 0.2) is 0 Å². The molecule has 1 atom stereocenters. The quantitative estimate of drug-likeness (QED) is 0.550. The Bertz CT molecular complexity index is 1010. The van der Waals surface area contributed by atoms with Gasteiger partial charge in [0, 0.05) is 31.5 Å². The van der Waals surface area contributed by atoms with E-state index in [4.69, 9.17) is 0 Å². The number of carbonyl (C=O) groups excluding carboxylic acids is 1. The summed E-state index contributed by atoms with van der Waals surface area (Å²) in [7, 11) is 0. The van der Waals surface area contributed by atoms with Crippen LogP contribution in [0.25, 0.3) is 0 Å². The summed E-state index contributed by atoms with van der Waals surface area (Å²) in [5.74, 6) is 1.46. The van der Waals surface area contributed by atoms with Crippen molar-refractivity contribution in [2.24, 2.45) is 0 Å². The number of carbonyl (C=O) groups is 1. The first-order chi connectivity index (χ1) is 14.1. The number of amides is 2. The molecule has 0 bridgehead atoms. The summed E-state index contributed by atoms with van der Waals surface area (Å²) in [6.07, 6.45) is 4.70. The molecule has 0 aliphatic carbocycles. The van der Waals surface area contributed by atoms with Crippen molar-refractivity contribution in [3.05, 3.63) is 60.3 Å². The second-order valence-electron chi connectivity index (χ2n) is 6.45. The lowest BCUT2D eigenvalue weighted by Crippen LogP contribution is -2.29. The Balaban J connectivity index is 0.00000256. The molecule has 1 saturated heterocycles. The van der Waals surface area contributed by atoms with E-state index in [1.807, 2.05) is 6.92 Å². The molecular formula is C19H20ClFN8O. The molecule has 0 spiro atoms. The van der Waals surface area contributed by atoms with Crippen LogP contribution in [0.4, 0.5) is 32.6 Å². The summed E-state index contributed by atoms with van der Waals surface area (Å²) in [5, 5.41) is 9.03. The van der Waals surface area contributed by atoms with E-state index < -0.39 is 0 Å². The zero-order valence-corrected chi connectivity index (χ0v) is 16.9. The maximum atomic E-state index is 13.2. The van der Waals surface area contributed by atoms with Gasteiger partial charge in [0.1, 0.15) is 23.3 Å². The summed E-state index contributed by atoms with van der Waals surface area (Å²) in [6.45, 7) is 2.97. The van der Waals surface area contributed by atoms with Crippen LogP contribution in [0.1, 0.15) is 18.5 Å². The Morgan fingerprint density at radius 2 is 1.97 bits per heavy atom. The van der Waals surface area contributed by atoms with E-state index in [-0.39, 0.29) is 30.3 Å². The minimum absolute atomic E-state index is 0.